The van der Waals surface area contributed by atoms with Crippen molar-refractivity contribution in [2.75, 3.05) is 0 Å². The SMILES string of the molecule is CC(C)NCc1ccnc(OC2CC(C)OC(C)C2)c1. The lowest BCUT2D eigenvalue weighted by Crippen LogP contribution is -2.35. The largest absolute Gasteiger partial charge is 0.474 e. The first kappa shape index (κ1) is 15.3. The molecule has 1 N–H and O–H groups in total. The number of hydrogen-bond acceptors (Lipinski definition) is 4. The summed E-state index contributed by atoms with van der Waals surface area (Å²) in [5, 5.41) is 3.40. The summed E-state index contributed by atoms with van der Waals surface area (Å²) >= 11 is 0. The second-order valence-corrected chi connectivity index (χ2v) is 6.01. The molecule has 2 unspecified atom stereocenters. The molecule has 1 fully saturated rings. The monoisotopic (exact) mass is 278 g/mol. The zero-order chi connectivity index (χ0) is 14.5. The lowest BCUT2D eigenvalue weighted by Gasteiger charge is -2.31. The average Bonchev–Trinajstić information content (AvgIpc) is 2.35. The van der Waals surface area contributed by atoms with Gasteiger partial charge in [-0.05, 0) is 25.5 Å². The van der Waals surface area contributed by atoms with Crippen molar-refractivity contribution in [1.82, 2.24) is 10.3 Å². The van der Waals surface area contributed by atoms with Crippen LogP contribution >= 0.6 is 0 Å². The van der Waals surface area contributed by atoms with Crippen LogP contribution in [0.3, 0.4) is 0 Å². The third-order valence-electron chi connectivity index (χ3n) is 3.46. The van der Waals surface area contributed by atoms with E-state index in [1.54, 1.807) is 0 Å². The summed E-state index contributed by atoms with van der Waals surface area (Å²) in [5.41, 5.74) is 1.21. The van der Waals surface area contributed by atoms with E-state index in [-0.39, 0.29) is 18.3 Å². The molecule has 112 valence electrons. The van der Waals surface area contributed by atoms with Gasteiger partial charge < -0.3 is 14.8 Å². The Kier molecular flexibility index (Phi) is 5.38. The molecular weight excluding hydrogens is 252 g/mol. The highest BCUT2D eigenvalue weighted by molar-refractivity contribution is 5.20. The molecule has 0 bridgehead atoms. The van der Waals surface area contributed by atoms with Crippen LogP contribution in [0.2, 0.25) is 0 Å². The van der Waals surface area contributed by atoms with Crippen LogP contribution in [-0.4, -0.2) is 29.3 Å². The fourth-order valence-electron chi connectivity index (χ4n) is 2.56. The van der Waals surface area contributed by atoms with Gasteiger partial charge in [-0.2, -0.15) is 0 Å². The van der Waals surface area contributed by atoms with E-state index in [9.17, 15) is 0 Å². The Morgan fingerprint density at radius 1 is 1.35 bits per heavy atom. The van der Waals surface area contributed by atoms with Gasteiger partial charge in [-0.1, -0.05) is 13.8 Å². The van der Waals surface area contributed by atoms with Gasteiger partial charge in [0.1, 0.15) is 6.10 Å². The van der Waals surface area contributed by atoms with Crippen LogP contribution < -0.4 is 10.1 Å². The van der Waals surface area contributed by atoms with E-state index in [0.29, 0.717) is 6.04 Å². The number of pyridine rings is 1. The highest BCUT2D eigenvalue weighted by atomic mass is 16.5. The van der Waals surface area contributed by atoms with Gasteiger partial charge in [0.05, 0.1) is 12.2 Å². The number of nitrogens with zero attached hydrogens (tertiary/aromatic N) is 1. The Morgan fingerprint density at radius 2 is 2.05 bits per heavy atom. The van der Waals surface area contributed by atoms with Crippen molar-refractivity contribution in [2.24, 2.45) is 0 Å². The van der Waals surface area contributed by atoms with Crippen molar-refractivity contribution in [1.29, 1.82) is 0 Å². The Morgan fingerprint density at radius 3 is 2.70 bits per heavy atom. The number of hydrogen-bond donors (Lipinski definition) is 1. The van der Waals surface area contributed by atoms with Crippen molar-refractivity contribution >= 4 is 0 Å². The van der Waals surface area contributed by atoms with Crippen LogP contribution in [0.25, 0.3) is 0 Å². The zero-order valence-electron chi connectivity index (χ0n) is 12.9. The summed E-state index contributed by atoms with van der Waals surface area (Å²) in [4.78, 5) is 4.32. The minimum absolute atomic E-state index is 0.203. The second kappa shape index (κ2) is 7.04. The van der Waals surface area contributed by atoms with Gasteiger partial charge in [-0.25, -0.2) is 4.98 Å². The number of ether oxygens (including phenoxy) is 2. The van der Waals surface area contributed by atoms with Gasteiger partial charge >= 0.3 is 0 Å². The molecule has 2 rings (SSSR count). The van der Waals surface area contributed by atoms with Crippen molar-refractivity contribution in [2.45, 2.75) is 71.4 Å². The number of nitrogens with one attached hydrogen (secondary N) is 1. The predicted octanol–water partition coefficient (Wildman–Crippen LogP) is 2.91. The van der Waals surface area contributed by atoms with E-state index in [4.69, 9.17) is 9.47 Å². The molecule has 1 saturated heterocycles. The topological polar surface area (TPSA) is 43.4 Å². The van der Waals surface area contributed by atoms with Crippen molar-refractivity contribution in [3.63, 3.8) is 0 Å². The van der Waals surface area contributed by atoms with Crippen LogP contribution in [0.15, 0.2) is 18.3 Å². The van der Waals surface area contributed by atoms with Gasteiger partial charge in [0.15, 0.2) is 0 Å². The van der Waals surface area contributed by atoms with E-state index in [1.807, 2.05) is 18.3 Å². The maximum atomic E-state index is 6.02. The van der Waals surface area contributed by atoms with Crippen molar-refractivity contribution < 1.29 is 9.47 Å². The first-order valence-corrected chi connectivity index (χ1v) is 7.53. The first-order chi connectivity index (χ1) is 9.52. The number of aromatic nitrogens is 1. The molecule has 4 nitrogen and oxygen atoms in total. The van der Waals surface area contributed by atoms with E-state index < -0.39 is 0 Å². The standard InChI is InChI=1S/C16H26N2O2/c1-11(2)18-10-14-5-6-17-16(9-14)20-15-7-12(3)19-13(4)8-15/h5-6,9,11-13,15,18H,7-8,10H2,1-4H3. The molecule has 2 heterocycles. The highest BCUT2D eigenvalue weighted by Crippen LogP contribution is 2.23. The second-order valence-electron chi connectivity index (χ2n) is 6.01. The smallest absolute Gasteiger partial charge is 0.213 e. The van der Waals surface area contributed by atoms with Crippen molar-refractivity contribution in [3.05, 3.63) is 23.9 Å². The highest BCUT2D eigenvalue weighted by Gasteiger charge is 2.26. The van der Waals surface area contributed by atoms with Crippen LogP contribution in [0.1, 0.15) is 46.1 Å². The fourth-order valence-corrected chi connectivity index (χ4v) is 2.56. The van der Waals surface area contributed by atoms with Crippen LogP contribution in [0, 0.1) is 0 Å². The molecule has 2 atom stereocenters. The quantitative estimate of drug-likeness (QED) is 0.899. The van der Waals surface area contributed by atoms with Crippen molar-refractivity contribution in [3.8, 4) is 5.88 Å². The molecule has 0 radical (unpaired) electrons. The molecule has 0 spiro atoms. The Hall–Kier alpha value is -1.13. The van der Waals surface area contributed by atoms with E-state index >= 15 is 0 Å². The summed E-state index contributed by atoms with van der Waals surface area (Å²) in [7, 11) is 0. The first-order valence-electron chi connectivity index (χ1n) is 7.53. The summed E-state index contributed by atoms with van der Waals surface area (Å²) in [6.45, 7) is 9.33. The summed E-state index contributed by atoms with van der Waals surface area (Å²) in [6, 6.07) is 4.53. The molecule has 1 aliphatic heterocycles. The maximum Gasteiger partial charge on any atom is 0.213 e. The molecule has 0 saturated carbocycles. The van der Waals surface area contributed by atoms with Gasteiger partial charge in [0.25, 0.3) is 0 Å². The molecule has 20 heavy (non-hydrogen) atoms. The minimum Gasteiger partial charge on any atom is -0.474 e. The van der Waals surface area contributed by atoms with E-state index in [1.165, 1.54) is 5.56 Å². The lowest BCUT2D eigenvalue weighted by molar-refractivity contribution is -0.0729. The van der Waals surface area contributed by atoms with Gasteiger partial charge in [-0.3, -0.25) is 0 Å². The Bertz CT molecular complexity index is 413. The molecule has 1 aromatic heterocycles. The van der Waals surface area contributed by atoms with Gasteiger partial charge in [-0.15, -0.1) is 0 Å². The molecule has 0 aliphatic carbocycles. The molecule has 0 aromatic carbocycles. The van der Waals surface area contributed by atoms with Gasteiger partial charge in [0.2, 0.25) is 5.88 Å². The predicted molar refractivity (Wildman–Crippen MR) is 79.9 cm³/mol. The van der Waals surface area contributed by atoms with E-state index in [0.717, 1.165) is 25.3 Å². The Labute approximate surface area is 121 Å². The molecule has 0 amide bonds. The summed E-state index contributed by atoms with van der Waals surface area (Å²) < 4.78 is 11.8. The third-order valence-corrected chi connectivity index (χ3v) is 3.46. The maximum absolute atomic E-state index is 6.02. The average molecular weight is 278 g/mol. The fraction of sp³-hybridized carbons (Fsp3) is 0.688. The molecule has 1 aromatic rings. The zero-order valence-corrected chi connectivity index (χ0v) is 12.9. The van der Waals surface area contributed by atoms with Crippen LogP contribution in [0.5, 0.6) is 5.88 Å². The summed E-state index contributed by atoms with van der Waals surface area (Å²) in [5.74, 6) is 0.722. The summed E-state index contributed by atoms with van der Waals surface area (Å²) in [6.07, 6.45) is 4.40. The van der Waals surface area contributed by atoms with Gasteiger partial charge in [0, 0.05) is 37.7 Å². The van der Waals surface area contributed by atoms with Crippen LogP contribution in [-0.2, 0) is 11.3 Å². The van der Waals surface area contributed by atoms with E-state index in [2.05, 4.69) is 38.0 Å². The number of rotatable bonds is 5. The normalized spacial score (nSPS) is 26.8. The van der Waals surface area contributed by atoms with Crippen LogP contribution in [0.4, 0.5) is 0 Å². The minimum atomic E-state index is 0.203. The third kappa shape index (κ3) is 4.76. The molecular formula is C16H26N2O2. The Balaban J connectivity index is 1.93. The molecule has 4 heteroatoms. The molecule has 1 aliphatic rings. The lowest BCUT2D eigenvalue weighted by atomic mass is 10.0.